The molecule has 0 aliphatic heterocycles. The highest BCUT2D eigenvalue weighted by Crippen LogP contribution is 2.26. The normalized spacial score (nSPS) is 13.7. The van der Waals surface area contributed by atoms with Gasteiger partial charge >= 0.3 is 11.7 Å². The fourth-order valence-electron chi connectivity index (χ4n) is 1.62. The van der Waals surface area contributed by atoms with Crippen LogP contribution in [0.4, 0.5) is 11.5 Å². The molecule has 0 aliphatic rings. The SMILES string of the molecule is CCCC(C)(Nc1ncccc1[N+](=O)[O-])C(=O)O. The van der Waals surface area contributed by atoms with E-state index in [1.807, 2.05) is 6.92 Å². The first kappa shape index (κ1) is 13.9. The predicted octanol–water partition coefficient (Wildman–Crippen LogP) is 2.05. The van der Waals surface area contributed by atoms with Gasteiger partial charge in [-0.15, -0.1) is 0 Å². The van der Waals surface area contributed by atoms with Gasteiger partial charge in [-0.3, -0.25) is 10.1 Å². The molecule has 0 saturated carbocycles. The molecule has 1 unspecified atom stereocenters. The number of aromatic nitrogens is 1. The minimum atomic E-state index is -1.27. The molecule has 0 amide bonds. The summed E-state index contributed by atoms with van der Waals surface area (Å²) in [6, 6.07) is 2.71. The van der Waals surface area contributed by atoms with E-state index in [0.29, 0.717) is 12.8 Å². The van der Waals surface area contributed by atoms with Gasteiger partial charge in [0.1, 0.15) is 5.54 Å². The van der Waals surface area contributed by atoms with E-state index in [1.165, 1.54) is 25.3 Å². The van der Waals surface area contributed by atoms with Crippen molar-refractivity contribution in [2.24, 2.45) is 0 Å². The fraction of sp³-hybridized carbons (Fsp3) is 0.455. The number of carboxylic acid groups (broad SMARTS) is 1. The van der Waals surface area contributed by atoms with Crippen LogP contribution in [0.15, 0.2) is 18.3 Å². The number of rotatable bonds is 6. The highest BCUT2D eigenvalue weighted by Gasteiger charge is 2.34. The second-order valence-electron chi connectivity index (χ2n) is 4.14. The number of nitro groups is 1. The van der Waals surface area contributed by atoms with E-state index < -0.39 is 16.4 Å². The van der Waals surface area contributed by atoms with Crippen LogP contribution < -0.4 is 5.32 Å². The van der Waals surface area contributed by atoms with Gasteiger partial charge in [0, 0.05) is 12.3 Å². The third-order valence-corrected chi connectivity index (χ3v) is 2.60. The maximum atomic E-state index is 11.2. The van der Waals surface area contributed by atoms with Crippen molar-refractivity contribution in [3.63, 3.8) is 0 Å². The third kappa shape index (κ3) is 2.93. The van der Waals surface area contributed by atoms with Gasteiger partial charge in [0.15, 0.2) is 0 Å². The van der Waals surface area contributed by atoms with E-state index in [-0.39, 0.29) is 11.5 Å². The summed E-state index contributed by atoms with van der Waals surface area (Å²) in [4.78, 5) is 25.3. The molecule has 1 heterocycles. The van der Waals surface area contributed by atoms with Crippen LogP contribution in [-0.4, -0.2) is 26.5 Å². The maximum Gasteiger partial charge on any atom is 0.329 e. The van der Waals surface area contributed by atoms with E-state index in [0.717, 1.165) is 0 Å². The molecule has 0 bridgehead atoms. The molecular weight excluding hydrogens is 238 g/mol. The number of hydrogen-bond donors (Lipinski definition) is 2. The molecule has 1 rings (SSSR count). The van der Waals surface area contributed by atoms with Gasteiger partial charge in [0.2, 0.25) is 5.82 Å². The topological polar surface area (TPSA) is 105 Å². The van der Waals surface area contributed by atoms with Gasteiger partial charge in [-0.05, 0) is 19.4 Å². The van der Waals surface area contributed by atoms with Crippen molar-refractivity contribution in [1.82, 2.24) is 4.98 Å². The van der Waals surface area contributed by atoms with Gasteiger partial charge in [-0.1, -0.05) is 13.3 Å². The molecular formula is C11H15N3O4. The average molecular weight is 253 g/mol. The van der Waals surface area contributed by atoms with Crippen LogP contribution in [-0.2, 0) is 4.79 Å². The molecule has 0 aromatic carbocycles. The number of pyridine rings is 1. The Morgan fingerprint density at radius 2 is 2.33 bits per heavy atom. The third-order valence-electron chi connectivity index (χ3n) is 2.60. The summed E-state index contributed by atoms with van der Waals surface area (Å²) in [5, 5.41) is 22.7. The summed E-state index contributed by atoms with van der Waals surface area (Å²) in [6.07, 6.45) is 2.36. The molecule has 7 heteroatoms. The molecule has 18 heavy (non-hydrogen) atoms. The molecule has 2 N–H and O–H groups in total. The standard InChI is InChI=1S/C11H15N3O4/c1-3-6-11(2,10(15)16)13-9-8(14(17)18)5-4-7-12-9/h4-5,7H,3,6H2,1-2H3,(H,12,13)(H,15,16). The Bertz CT molecular complexity index is 463. The first-order valence-corrected chi connectivity index (χ1v) is 5.51. The molecule has 98 valence electrons. The lowest BCUT2D eigenvalue weighted by Crippen LogP contribution is -2.43. The monoisotopic (exact) mass is 253 g/mol. The van der Waals surface area contributed by atoms with E-state index in [2.05, 4.69) is 10.3 Å². The largest absolute Gasteiger partial charge is 0.480 e. The van der Waals surface area contributed by atoms with Crippen molar-refractivity contribution < 1.29 is 14.8 Å². The summed E-state index contributed by atoms with van der Waals surface area (Å²) < 4.78 is 0. The second kappa shape index (κ2) is 5.44. The minimum absolute atomic E-state index is 0.0270. The van der Waals surface area contributed by atoms with Crippen molar-refractivity contribution in [2.75, 3.05) is 5.32 Å². The van der Waals surface area contributed by atoms with Crippen molar-refractivity contribution >= 4 is 17.5 Å². The van der Waals surface area contributed by atoms with Gasteiger partial charge in [0.05, 0.1) is 4.92 Å². The number of carboxylic acids is 1. The first-order chi connectivity index (χ1) is 8.40. The number of nitrogens with one attached hydrogen (secondary N) is 1. The van der Waals surface area contributed by atoms with Crippen LogP contribution in [0, 0.1) is 10.1 Å². The minimum Gasteiger partial charge on any atom is -0.480 e. The van der Waals surface area contributed by atoms with Gasteiger partial charge in [0.25, 0.3) is 0 Å². The lowest BCUT2D eigenvalue weighted by Gasteiger charge is -2.25. The maximum absolute atomic E-state index is 11.2. The van der Waals surface area contributed by atoms with E-state index in [9.17, 15) is 20.0 Å². The Kier molecular flexibility index (Phi) is 4.19. The number of aliphatic carboxylic acids is 1. The zero-order valence-corrected chi connectivity index (χ0v) is 10.2. The predicted molar refractivity (Wildman–Crippen MR) is 65.5 cm³/mol. The molecule has 0 saturated heterocycles. The van der Waals surface area contributed by atoms with E-state index in [4.69, 9.17) is 0 Å². The summed E-state index contributed by atoms with van der Waals surface area (Å²) in [6.45, 7) is 3.33. The fourth-order valence-corrected chi connectivity index (χ4v) is 1.62. The molecule has 0 fully saturated rings. The van der Waals surface area contributed by atoms with Crippen molar-refractivity contribution in [1.29, 1.82) is 0 Å². The van der Waals surface area contributed by atoms with Crippen LogP contribution in [0.5, 0.6) is 0 Å². The molecule has 7 nitrogen and oxygen atoms in total. The Hall–Kier alpha value is -2.18. The number of hydrogen-bond acceptors (Lipinski definition) is 5. The highest BCUT2D eigenvalue weighted by atomic mass is 16.6. The van der Waals surface area contributed by atoms with Crippen LogP contribution >= 0.6 is 0 Å². The summed E-state index contributed by atoms with van der Waals surface area (Å²) in [7, 11) is 0. The second-order valence-corrected chi connectivity index (χ2v) is 4.14. The van der Waals surface area contributed by atoms with Crippen LogP contribution in [0.2, 0.25) is 0 Å². The summed E-state index contributed by atoms with van der Waals surface area (Å²) in [5.41, 5.74) is -1.51. The zero-order valence-electron chi connectivity index (χ0n) is 10.2. The number of anilines is 1. The van der Waals surface area contributed by atoms with Gasteiger partial charge < -0.3 is 10.4 Å². The Morgan fingerprint density at radius 3 is 2.83 bits per heavy atom. The van der Waals surface area contributed by atoms with E-state index in [1.54, 1.807) is 0 Å². The molecule has 0 aliphatic carbocycles. The summed E-state index contributed by atoms with van der Waals surface area (Å²) >= 11 is 0. The molecule has 0 radical (unpaired) electrons. The lowest BCUT2D eigenvalue weighted by atomic mass is 9.96. The van der Waals surface area contributed by atoms with Crippen LogP contribution in [0.25, 0.3) is 0 Å². The first-order valence-electron chi connectivity index (χ1n) is 5.51. The Balaban J connectivity index is 3.08. The highest BCUT2D eigenvalue weighted by molar-refractivity contribution is 5.82. The average Bonchev–Trinajstić information content (AvgIpc) is 2.29. The van der Waals surface area contributed by atoms with E-state index >= 15 is 0 Å². The van der Waals surface area contributed by atoms with Crippen LogP contribution in [0.1, 0.15) is 26.7 Å². The van der Waals surface area contributed by atoms with Gasteiger partial charge in [-0.25, -0.2) is 9.78 Å². The van der Waals surface area contributed by atoms with Crippen LogP contribution in [0.3, 0.4) is 0 Å². The molecule has 1 aromatic heterocycles. The Morgan fingerprint density at radius 1 is 1.67 bits per heavy atom. The zero-order chi connectivity index (χ0) is 13.8. The quantitative estimate of drug-likeness (QED) is 0.593. The van der Waals surface area contributed by atoms with Crippen molar-refractivity contribution in [3.8, 4) is 0 Å². The van der Waals surface area contributed by atoms with Crippen molar-refractivity contribution in [2.45, 2.75) is 32.2 Å². The van der Waals surface area contributed by atoms with Crippen molar-refractivity contribution in [3.05, 3.63) is 28.4 Å². The molecule has 1 aromatic rings. The van der Waals surface area contributed by atoms with Gasteiger partial charge in [-0.2, -0.15) is 0 Å². The smallest absolute Gasteiger partial charge is 0.329 e. The summed E-state index contributed by atoms with van der Waals surface area (Å²) in [5.74, 6) is -1.09. The Labute approximate surface area is 104 Å². The molecule has 0 spiro atoms. The lowest BCUT2D eigenvalue weighted by molar-refractivity contribution is -0.384. The number of nitrogens with zero attached hydrogens (tertiary/aromatic N) is 2. The molecule has 1 atom stereocenters. The number of carbonyl (C=O) groups is 1.